The topological polar surface area (TPSA) is 32.3 Å². The summed E-state index contributed by atoms with van der Waals surface area (Å²) in [5, 5.41) is 4.34. The van der Waals surface area contributed by atoms with Crippen LogP contribution in [0.1, 0.15) is 38.2 Å². The highest BCUT2D eigenvalue weighted by Crippen LogP contribution is 2.30. The van der Waals surface area contributed by atoms with Gasteiger partial charge in [-0.05, 0) is 50.3 Å². The van der Waals surface area contributed by atoms with Gasteiger partial charge in [-0.25, -0.2) is 0 Å². The molecular formula is C17H23ClN2O. The maximum Gasteiger partial charge on any atom is 0.227 e. The zero-order chi connectivity index (χ0) is 14.8. The molecule has 3 nitrogen and oxygen atoms in total. The van der Waals surface area contributed by atoms with E-state index in [1.165, 1.54) is 12.8 Å². The molecule has 2 unspecified atom stereocenters. The quantitative estimate of drug-likeness (QED) is 0.927. The molecule has 1 N–H and O–H groups in total. The van der Waals surface area contributed by atoms with E-state index in [2.05, 4.69) is 17.1 Å². The minimum Gasteiger partial charge on any atom is -0.340 e. The van der Waals surface area contributed by atoms with Crippen LogP contribution in [0.4, 0.5) is 0 Å². The molecule has 2 aliphatic heterocycles. The number of piperidine rings is 1. The van der Waals surface area contributed by atoms with Crippen LogP contribution in [-0.2, 0) is 11.2 Å². The van der Waals surface area contributed by atoms with Crippen molar-refractivity contribution in [1.82, 2.24) is 10.2 Å². The Morgan fingerprint density at radius 2 is 2.05 bits per heavy atom. The summed E-state index contributed by atoms with van der Waals surface area (Å²) >= 11 is 6.00. The second-order valence-corrected chi connectivity index (χ2v) is 6.69. The van der Waals surface area contributed by atoms with E-state index in [9.17, 15) is 4.79 Å². The first-order chi connectivity index (χ1) is 10.2. The molecule has 1 amide bonds. The molecule has 0 radical (unpaired) electrons. The van der Waals surface area contributed by atoms with Crippen molar-refractivity contribution in [2.24, 2.45) is 0 Å². The number of fused-ring (bicyclic) bond motifs is 2. The van der Waals surface area contributed by atoms with Gasteiger partial charge < -0.3 is 10.2 Å². The Labute approximate surface area is 131 Å². The summed E-state index contributed by atoms with van der Waals surface area (Å²) in [5.74, 6) is 0.228. The highest BCUT2D eigenvalue weighted by molar-refractivity contribution is 6.30. The summed E-state index contributed by atoms with van der Waals surface area (Å²) in [6, 6.07) is 9.25. The molecule has 4 heteroatoms. The highest BCUT2D eigenvalue weighted by Gasteiger charge is 2.36. The largest absolute Gasteiger partial charge is 0.340 e. The Hall–Kier alpha value is -1.06. The van der Waals surface area contributed by atoms with Crippen molar-refractivity contribution >= 4 is 17.5 Å². The predicted octanol–water partition coefficient (Wildman–Crippen LogP) is 3.01. The summed E-state index contributed by atoms with van der Waals surface area (Å²) in [7, 11) is 0. The minimum absolute atomic E-state index is 0.228. The summed E-state index contributed by atoms with van der Waals surface area (Å²) in [6.07, 6.45) is 5.19. The van der Waals surface area contributed by atoms with Crippen LogP contribution in [-0.4, -0.2) is 35.5 Å². The Morgan fingerprint density at radius 1 is 1.33 bits per heavy atom. The third-order valence-corrected chi connectivity index (χ3v) is 5.03. The zero-order valence-corrected chi connectivity index (χ0v) is 13.3. The van der Waals surface area contributed by atoms with Crippen LogP contribution in [0.25, 0.3) is 0 Å². The summed E-state index contributed by atoms with van der Waals surface area (Å²) < 4.78 is 0. The molecule has 0 spiro atoms. The fourth-order valence-corrected chi connectivity index (χ4v) is 4.06. The standard InChI is InChI=1S/C17H23ClN2O/c1-2-20(16-10-14-6-7-15(11-16)19-14)17(21)9-12-4-3-5-13(18)8-12/h3-5,8,14-16,19H,2,6-7,9-11H2,1H3. The number of carbonyl (C=O) groups excluding carboxylic acids is 1. The number of hydrogen-bond donors (Lipinski definition) is 1. The van der Waals surface area contributed by atoms with Crippen LogP contribution in [0.2, 0.25) is 5.02 Å². The highest BCUT2D eigenvalue weighted by atomic mass is 35.5. The maximum absolute atomic E-state index is 12.7. The molecule has 2 fully saturated rings. The number of amides is 1. The molecule has 3 rings (SSSR count). The fraction of sp³-hybridized carbons (Fsp3) is 0.588. The molecular weight excluding hydrogens is 284 g/mol. The molecule has 114 valence electrons. The van der Waals surface area contributed by atoms with E-state index in [0.29, 0.717) is 29.6 Å². The lowest BCUT2D eigenvalue weighted by atomic mass is 9.97. The zero-order valence-electron chi connectivity index (χ0n) is 12.5. The molecule has 2 heterocycles. The number of halogens is 1. The number of rotatable bonds is 4. The average Bonchev–Trinajstić information content (AvgIpc) is 2.78. The lowest BCUT2D eigenvalue weighted by Gasteiger charge is -2.37. The Balaban J connectivity index is 1.66. The number of carbonyl (C=O) groups is 1. The third kappa shape index (κ3) is 3.41. The third-order valence-electron chi connectivity index (χ3n) is 4.79. The Morgan fingerprint density at radius 3 is 2.67 bits per heavy atom. The molecule has 2 saturated heterocycles. The van der Waals surface area contributed by atoms with E-state index in [0.717, 1.165) is 24.9 Å². The SMILES string of the molecule is CCN(C(=O)Cc1cccc(Cl)c1)C1CC2CCC(C1)N2. The van der Waals surface area contributed by atoms with Crippen molar-refractivity contribution < 1.29 is 4.79 Å². The van der Waals surface area contributed by atoms with Gasteiger partial charge in [-0.3, -0.25) is 4.79 Å². The van der Waals surface area contributed by atoms with Gasteiger partial charge in [0.15, 0.2) is 0 Å². The van der Waals surface area contributed by atoms with E-state index in [4.69, 9.17) is 11.6 Å². The summed E-state index contributed by atoms with van der Waals surface area (Å²) in [5.41, 5.74) is 1.00. The van der Waals surface area contributed by atoms with Crippen molar-refractivity contribution in [1.29, 1.82) is 0 Å². The van der Waals surface area contributed by atoms with Gasteiger partial charge in [-0.1, -0.05) is 23.7 Å². The average molecular weight is 307 g/mol. The lowest BCUT2D eigenvalue weighted by molar-refractivity contribution is -0.133. The van der Waals surface area contributed by atoms with Gasteiger partial charge in [-0.2, -0.15) is 0 Å². The molecule has 2 atom stereocenters. The van der Waals surface area contributed by atoms with E-state index < -0.39 is 0 Å². The van der Waals surface area contributed by atoms with E-state index in [1.54, 1.807) is 0 Å². The van der Waals surface area contributed by atoms with Gasteiger partial charge in [-0.15, -0.1) is 0 Å². The van der Waals surface area contributed by atoms with Crippen LogP contribution in [0.5, 0.6) is 0 Å². The van der Waals surface area contributed by atoms with Crippen LogP contribution in [0.15, 0.2) is 24.3 Å². The molecule has 0 saturated carbocycles. The van der Waals surface area contributed by atoms with E-state index in [-0.39, 0.29) is 5.91 Å². The number of likely N-dealkylation sites (N-methyl/N-ethyl adjacent to an activating group) is 1. The van der Waals surface area contributed by atoms with Gasteiger partial charge in [0, 0.05) is 29.7 Å². The Kier molecular flexibility index (Phi) is 4.51. The summed E-state index contributed by atoms with van der Waals surface area (Å²) in [6.45, 7) is 2.88. The van der Waals surface area contributed by atoms with Crippen LogP contribution < -0.4 is 5.32 Å². The molecule has 1 aromatic rings. The lowest BCUT2D eigenvalue weighted by Crippen LogP contribution is -2.50. The normalized spacial score (nSPS) is 27.6. The van der Waals surface area contributed by atoms with Crippen molar-refractivity contribution in [2.45, 2.75) is 57.2 Å². The number of hydrogen-bond acceptors (Lipinski definition) is 2. The second kappa shape index (κ2) is 6.37. The van der Waals surface area contributed by atoms with Gasteiger partial charge in [0.2, 0.25) is 5.91 Å². The van der Waals surface area contributed by atoms with Crippen LogP contribution >= 0.6 is 11.6 Å². The van der Waals surface area contributed by atoms with Crippen LogP contribution in [0.3, 0.4) is 0 Å². The van der Waals surface area contributed by atoms with E-state index in [1.807, 2.05) is 24.3 Å². The molecule has 0 aromatic heterocycles. The molecule has 0 aliphatic carbocycles. The van der Waals surface area contributed by atoms with Crippen molar-refractivity contribution in [3.8, 4) is 0 Å². The Bertz CT molecular complexity index is 507. The van der Waals surface area contributed by atoms with Gasteiger partial charge in [0.05, 0.1) is 6.42 Å². The molecule has 2 aliphatic rings. The maximum atomic E-state index is 12.7. The van der Waals surface area contributed by atoms with Crippen LogP contribution in [0, 0.1) is 0 Å². The predicted molar refractivity (Wildman–Crippen MR) is 85.5 cm³/mol. The second-order valence-electron chi connectivity index (χ2n) is 6.25. The number of nitrogens with one attached hydrogen (secondary N) is 1. The van der Waals surface area contributed by atoms with Crippen molar-refractivity contribution in [2.75, 3.05) is 6.54 Å². The van der Waals surface area contributed by atoms with Gasteiger partial charge >= 0.3 is 0 Å². The van der Waals surface area contributed by atoms with Gasteiger partial charge in [0.25, 0.3) is 0 Å². The number of benzene rings is 1. The van der Waals surface area contributed by atoms with Gasteiger partial charge in [0.1, 0.15) is 0 Å². The first-order valence-electron chi connectivity index (χ1n) is 7.95. The smallest absolute Gasteiger partial charge is 0.227 e. The molecule has 1 aromatic carbocycles. The first kappa shape index (κ1) is 14.9. The van der Waals surface area contributed by atoms with E-state index >= 15 is 0 Å². The van der Waals surface area contributed by atoms with Crippen molar-refractivity contribution in [3.63, 3.8) is 0 Å². The summed E-state index contributed by atoms with van der Waals surface area (Å²) in [4.78, 5) is 14.7. The first-order valence-corrected chi connectivity index (χ1v) is 8.33. The molecule has 2 bridgehead atoms. The molecule has 21 heavy (non-hydrogen) atoms. The monoisotopic (exact) mass is 306 g/mol. The number of nitrogens with zero attached hydrogens (tertiary/aromatic N) is 1. The minimum atomic E-state index is 0.228. The fourth-order valence-electron chi connectivity index (χ4n) is 3.84. The van der Waals surface area contributed by atoms with Crippen molar-refractivity contribution in [3.05, 3.63) is 34.9 Å².